The molecule has 0 unspecified atom stereocenters. The average molecular weight is 393 g/mol. The van der Waals surface area contributed by atoms with Gasteiger partial charge in [0.25, 0.3) is 5.88 Å². The molecular weight excluding hydrogens is 376 g/mol. The fourth-order valence-corrected chi connectivity index (χ4v) is 3.15. The van der Waals surface area contributed by atoms with E-state index in [1.807, 2.05) is 18.2 Å². The number of hydrogen-bond acceptors (Lipinski definition) is 6. The summed E-state index contributed by atoms with van der Waals surface area (Å²) in [6, 6.07) is 7.32. The standard InChI is InChI=1S/C16H17BrN4O3/c17-11-5-4-6-12(9-11)20-15-14(21(22)23)16(19-10-18-15)24-13-7-2-1-3-8-13/h4-6,9-10,13H,1-3,7-8H2,(H,18,19,20). The van der Waals surface area contributed by atoms with E-state index in [1.54, 1.807) is 6.07 Å². The van der Waals surface area contributed by atoms with E-state index in [-0.39, 0.29) is 23.5 Å². The van der Waals surface area contributed by atoms with Gasteiger partial charge in [-0.25, -0.2) is 4.98 Å². The second-order valence-electron chi connectivity index (χ2n) is 5.65. The summed E-state index contributed by atoms with van der Waals surface area (Å²) < 4.78 is 6.67. The molecule has 1 aromatic carbocycles. The van der Waals surface area contributed by atoms with E-state index in [9.17, 15) is 10.1 Å². The van der Waals surface area contributed by atoms with E-state index in [0.29, 0.717) is 5.69 Å². The molecule has 126 valence electrons. The Labute approximate surface area is 147 Å². The Balaban J connectivity index is 1.88. The lowest BCUT2D eigenvalue weighted by molar-refractivity contribution is -0.385. The summed E-state index contributed by atoms with van der Waals surface area (Å²) in [7, 11) is 0. The number of halogens is 1. The summed E-state index contributed by atoms with van der Waals surface area (Å²) in [6.45, 7) is 0. The van der Waals surface area contributed by atoms with Gasteiger partial charge in [-0.05, 0) is 43.9 Å². The zero-order valence-corrected chi connectivity index (χ0v) is 14.5. The van der Waals surface area contributed by atoms with Crippen molar-refractivity contribution in [1.29, 1.82) is 0 Å². The molecule has 2 aromatic rings. The molecule has 24 heavy (non-hydrogen) atoms. The zero-order valence-electron chi connectivity index (χ0n) is 12.9. The molecule has 1 fully saturated rings. The van der Waals surface area contributed by atoms with Crippen LogP contribution >= 0.6 is 15.9 Å². The maximum atomic E-state index is 11.5. The first kappa shape index (κ1) is 16.6. The molecule has 0 bridgehead atoms. The third kappa shape index (κ3) is 4.00. The van der Waals surface area contributed by atoms with Crippen molar-refractivity contribution in [2.45, 2.75) is 38.2 Å². The Kier molecular flexibility index (Phi) is 5.24. The van der Waals surface area contributed by atoms with Crippen molar-refractivity contribution < 1.29 is 9.66 Å². The normalized spacial score (nSPS) is 15.0. The highest BCUT2D eigenvalue weighted by Gasteiger charge is 2.27. The van der Waals surface area contributed by atoms with Gasteiger partial charge in [-0.15, -0.1) is 0 Å². The van der Waals surface area contributed by atoms with Gasteiger partial charge in [0.1, 0.15) is 12.4 Å². The lowest BCUT2D eigenvalue weighted by atomic mass is 9.98. The Morgan fingerprint density at radius 3 is 2.75 bits per heavy atom. The first-order chi connectivity index (χ1) is 11.6. The van der Waals surface area contributed by atoms with Gasteiger partial charge in [-0.1, -0.05) is 28.4 Å². The van der Waals surface area contributed by atoms with Crippen LogP contribution in [0.5, 0.6) is 5.88 Å². The molecule has 1 saturated carbocycles. The fourth-order valence-electron chi connectivity index (χ4n) is 2.75. The highest BCUT2D eigenvalue weighted by molar-refractivity contribution is 9.10. The van der Waals surface area contributed by atoms with Crippen LogP contribution in [0.25, 0.3) is 0 Å². The van der Waals surface area contributed by atoms with Crippen molar-refractivity contribution in [3.8, 4) is 5.88 Å². The van der Waals surface area contributed by atoms with Crippen LogP contribution < -0.4 is 10.1 Å². The van der Waals surface area contributed by atoms with Crippen LogP contribution in [0.2, 0.25) is 0 Å². The summed E-state index contributed by atoms with van der Waals surface area (Å²) in [4.78, 5) is 19.0. The molecule has 1 aliphatic rings. The molecule has 0 aliphatic heterocycles. The number of nitro groups is 1. The topological polar surface area (TPSA) is 90.2 Å². The minimum absolute atomic E-state index is 0.0222. The summed E-state index contributed by atoms with van der Waals surface area (Å²) >= 11 is 3.37. The maximum Gasteiger partial charge on any atom is 0.373 e. The lowest BCUT2D eigenvalue weighted by Crippen LogP contribution is -2.21. The van der Waals surface area contributed by atoms with Gasteiger partial charge in [0.15, 0.2) is 0 Å². The van der Waals surface area contributed by atoms with Gasteiger partial charge >= 0.3 is 5.69 Å². The maximum absolute atomic E-state index is 11.5. The summed E-state index contributed by atoms with van der Waals surface area (Å²) in [5.41, 5.74) is 0.456. The largest absolute Gasteiger partial charge is 0.469 e. The number of aromatic nitrogens is 2. The van der Waals surface area contributed by atoms with Crippen molar-refractivity contribution in [1.82, 2.24) is 9.97 Å². The fraction of sp³-hybridized carbons (Fsp3) is 0.375. The van der Waals surface area contributed by atoms with Gasteiger partial charge in [0.05, 0.1) is 4.92 Å². The third-order valence-corrected chi connectivity index (χ3v) is 4.38. The van der Waals surface area contributed by atoms with E-state index in [0.717, 1.165) is 30.2 Å². The summed E-state index contributed by atoms with van der Waals surface area (Å²) in [5, 5.41) is 14.5. The molecule has 7 nitrogen and oxygen atoms in total. The number of nitrogens with one attached hydrogen (secondary N) is 1. The SMILES string of the molecule is O=[N+]([O-])c1c(Nc2cccc(Br)c2)ncnc1OC1CCCCC1. The molecule has 3 rings (SSSR count). The van der Waals surface area contributed by atoms with E-state index in [1.165, 1.54) is 12.7 Å². The smallest absolute Gasteiger partial charge is 0.373 e. The van der Waals surface area contributed by atoms with E-state index in [4.69, 9.17) is 4.74 Å². The van der Waals surface area contributed by atoms with Gasteiger partial charge in [-0.3, -0.25) is 10.1 Å². The van der Waals surface area contributed by atoms with E-state index in [2.05, 4.69) is 31.2 Å². The van der Waals surface area contributed by atoms with Crippen molar-refractivity contribution in [2.75, 3.05) is 5.32 Å². The van der Waals surface area contributed by atoms with Gasteiger partial charge < -0.3 is 10.1 Å². The predicted octanol–water partition coefficient (Wildman–Crippen LogP) is 4.60. The Morgan fingerprint density at radius 2 is 2.04 bits per heavy atom. The second-order valence-corrected chi connectivity index (χ2v) is 6.56. The van der Waals surface area contributed by atoms with Gasteiger partial charge in [0, 0.05) is 10.2 Å². The molecule has 0 radical (unpaired) electrons. The van der Waals surface area contributed by atoms with Crippen LogP contribution in [0.1, 0.15) is 32.1 Å². The van der Waals surface area contributed by atoms with Crippen molar-refractivity contribution in [2.24, 2.45) is 0 Å². The van der Waals surface area contributed by atoms with Crippen molar-refractivity contribution >= 4 is 33.1 Å². The number of rotatable bonds is 5. The molecule has 0 atom stereocenters. The molecule has 1 N–H and O–H groups in total. The van der Waals surface area contributed by atoms with Crippen LogP contribution in [0.15, 0.2) is 35.1 Å². The number of hydrogen-bond donors (Lipinski definition) is 1. The van der Waals surface area contributed by atoms with Crippen LogP contribution in [0.3, 0.4) is 0 Å². The molecular formula is C16H17BrN4O3. The number of ether oxygens (including phenoxy) is 1. The van der Waals surface area contributed by atoms with Crippen molar-refractivity contribution in [3.05, 3.63) is 45.2 Å². The molecule has 0 spiro atoms. The predicted molar refractivity (Wildman–Crippen MR) is 93.6 cm³/mol. The second kappa shape index (κ2) is 7.57. The molecule has 1 aliphatic carbocycles. The molecule has 1 heterocycles. The number of nitrogens with zero attached hydrogens (tertiary/aromatic N) is 3. The molecule has 1 aromatic heterocycles. The lowest BCUT2D eigenvalue weighted by Gasteiger charge is -2.22. The first-order valence-corrected chi connectivity index (χ1v) is 8.61. The van der Waals surface area contributed by atoms with E-state index >= 15 is 0 Å². The molecule has 8 heteroatoms. The third-order valence-electron chi connectivity index (χ3n) is 3.89. The zero-order chi connectivity index (χ0) is 16.9. The Hall–Kier alpha value is -2.22. The molecule has 0 saturated heterocycles. The number of benzene rings is 1. The Bertz CT molecular complexity index is 735. The summed E-state index contributed by atoms with van der Waals surface area (Å²) in [6.07, 6.45) is 6.39. The van der Waals surface area contributed by atoms with Crippen LogP contribution in [0, 0.1) is 10.1 Å². The van der Waals surface area contributed by atoms with Gasteiger partial charge in [0.2, 0.25) is 5.82 Å². The van der Waals surface area contributed by atoms with Crippen LogP contribution in [-0.2, 0) is 0 Å². The molecule has 0 amide bonds. The summed E-state index contributed by atoms with van der Waals surface area (Å²) in [5.74, 6) is 0.151. The quantitative estimate of drug-likeness (QED) is 0.590. The average Bonchev–Trinajstić information content (AvgIpc) is 2.56. The van der Waals surface area contributed by atoms with Gasteiger partial charge in [-0.2, -0.15) is 4.98 Å². The Morgan fingerprint density at radius 1 is 1.25 bits per heavy atom. The van der Waals surface area contributed by atoms with E-state index < -0.39 is 4.92 Å². The first-order valence-electron chi connectivity index (χ1n) is 7.82. The highest BCUT2D eigenvalue weighted by atomic mass is 79.9. The van der Waals surface area contributed by atoms with Crippen LogP contribution in [0.4, 0.5) is 17.2 Å². The van der Waals surface area contributed by atoms with Crippen LogP contribution in [-0.4, -0.2) is 21.0 Å². The highest BCUT2D eigenvalue weighted by Crippen LogP contribution is 2.35. The van der Waals surface area contributed by atoms with Crippen molar-refractivity contribution in [3.63, 3.8) is 0 Å². The minimum atomic E-state index is -0.502. The minimum Gasteiger partial charge on any atom is -0.469 e. The number of anilines is 2. The monoisotopic (exact) mass is 392 g/mol.